The molecule has 4 amide bonds. The zero-order valence-electron chi connectivity index (χ0n) is 35.1. The van der Waals surface area contributed by atoms with Crippen LogP contribution in [-0.4, -0.2) is 81.0 Å². The molecule has 0 aliphatic heterocycles. The number of nitrogens with one attached hydrogen (secondary N) is 4. The number of nitrogens with zero attached hydrogens (tertiary/aromatic N) is 2. The van der Waals surface area contributed by atoms with Crippen LogP contribution in [0.4, 0.5) is 22.0 Å². The van der Waals surface area contributed by atoms with Crippen LogP contribution in [-0.2, 0) is 19.4 Å². The van der Waals surface area contributed by atoms with Crippen LogP contribution in [0.15, 0.2) is 121 Å². The van der Waals surface area contributed by atoms with Crippen molar-refractivity contribution >= 4 is 57.9 Å². The number of benzene rings is 5. The molecule has 0 unspecified atom stereocenters. The molecule has 1 aromatic heterocycles. The number of urea groups is 1. The van der Waals surface area contributed by atoms with E-state index in [0.29, 0.717) is 53.0 Å². The van der Waals surface area contributed by atoms with Gasteiger partial charge in [0.2, 0.25) is 0 Å². The topological polar surface area (TPSA) is 184 Å². The van der Waals surface area contributed by atoms with Crippen molar-refractivity contribution in [3.05, 3.63) is 160 Å². The summed E-state index contributed by atoms with van der Waals surface area (Å²) < 4.78 is 0. The largest absolute Gasteiger partial charge is 0.478 e. The summed E-state index contributed by atoms with van der Waals surface area (Å²) in [6, 6.07) is 35.3. The third kappa shape index (κ3) is 11.5. The molecule has 320 valence electrons. The van der Waals surface area contributed by atoms with Gasteiger partial charge in [-0.1, -0.05) is 74.5 Å². The van der Waals surface area contributed by atoms with Gasteiger partial charge in [0.15, 0.2) is 0 Å². The third-order valence-corrected chi connectivity index (χ3v) is 11.0. The van der Waals surface area contributed by atoms with Crippen LogP contribution in [0.3, 0.4) is 0 Å². The van der Waals surface area contributed by atoms with E-state index in [9.17, 15) is 29.1 Å². The number of aromatic amines is 1. The fraction of sp³-hybridized carbons (Fsp3) is 0.245. The van der Waals surface area contributed by atoms with E-state index in [1.807, 2.05) is 78.9 Å². The van der Waals surface area contributed by atoms with Crippen molar-refractivity contribution in [1.82, 2.24) is 14.8 Å². The average molecular weight is 837 g/mol. The first-order valence-electron chi connectivity index (χ1n) is 20.7. The number of hydrogen-bond donors (Lipinski definition) is 6. The van der Waals surface area contributed by atoms with E-state index in [-0.39, 0.29) is 40.8 Å². The molecule has 6 N–H and O–H groups in total. The number of fused-ring (bicyclic) bond motifs is 1. The Balaban J connectivity index is 1.09. The molecule has 62 heavy (non-hydrogen) atoms. The van der Waals surface area contributed by atoms with Gasteiger partial charge in [-0.15, -0.1) is 0 Å². The van der Waals surface area contributed by atoms with Crippen molar-refractivity contribution in [3.63, 3.8) is 0 Å². The summed E-state index contributed by atoms with van der Waals surface area (Å²) in [6.07, 6.45) is 4.28. The van der Waals surface area contributed by atoms with Gasteiger partial charge >= 0.3 is 18.0 Å². The fourth-order valence-corrected chi connectivity index (χ4v) is 7.49. The number of aromatic carboxylic acids is 2. The van der Waals surface area contributed by atoms with Crippen molar-refractivity contribution < 1.29 is 34.2 Å². The highest BCUT2D eigenvalue weighted by Gasteiger charge is 2.22. The molecular formula is C49H52N6O7. The van der Waals surface area contributed by atoms with Crippen molar-refractivity contribution in [1.29, 1.82) is 0 Å². The summed E-state index contributed by atoms with van der Waals surface area (Å²) in [5.74, 6) is -2.50. The molecule has 6 aromatic rings. The minimum atomic E-state index is -1.07. The lowest BCUT2D eigenvalue weighted by Crippen LogP contribution is -2.42. The Morgan fingerprint density at radius 3 is 1.94 bits per heavy atom. The maximum Gasteiger partial charge on any atom is 0.335 e. The molecule has 13 nitrogen and oxygen atoms in total. The van der Waals surface area contributed by atoms with Crippen LogP contribution >= 0.6 is 0 Å². The Bertz CT molecular complexity index is 2530. The van der Waals surface area contributed by atoms with E-state index in [0.717, 1.165) is 48.8 Å². The van der Waals surface area contributed by atoms with Gasteiger partial charge in [0.1, 0.15) is 5.82 Å². The van der Waals surface area contributed by atoms with Gasteiger partial charge in [-0.25, -0.2) is 14.4 Å². The number of aromatic nitrogens is 1. The Hall–Kier alpha value is -7.25. The molecule has 0 saturated heterocycles. The van der Waals surface area contributed by atoms with E-state index >= 15 is 0 Å². The van der Waals surface area contributed by atoms with Gasteiger partial charge in [-0.05, 0) is 109 Å². The van der Waals surface area contributed by atoms with Crippen molar-refractivity contribution in [2.45, 2.75) is 58.5 Å². The first-order chi connectivity index (χ1) is 29.9. The molecule has 0 fully saturated rings. The SMILES string of the molecule is CCC(CC)N(CCN(C)C(=O)Nc1cccc(C(=O)O)c1)Cc1cccc(C(=O)Nc2[nH]c3ccccc3c2C(=O)Nc2ccc(CCCc3ccc(C(=O)O)cc3)cc2)c1. The number of carboxylic acid groups (broad SMARTS) is 2. The highest BCUT2D eigenvalue weighted by atomic mass is 16.4. The molecule has 0 radical (unpaired) electrons. The van der Waals surface area contributed by atoms with Crippen LogP contribution in [0.25, 0.3) is 10.9 Å². The number of aryl methyl sites for hydroxylation is 2. The standard InChI is InChI=1S/C49H52N6O7/c1-4-40(5-2)55(28-27-54(3)49(62)51-39-16-10-15-37(30-39)48(60)61)31-34-13-9-14-36(29-34)45(56)53-44-43(41-17-6-7-18-42(41)52-44)46(57)50-38-25-21-33(22-26-38)12-8-11-32-19-23-35(24-20-32)47(58)59/h6-7,9-10,13-26,29-30,40,52H,4-5,8,11-12,27-28,31H2,1-3H3,(H,50,57)(H,51,62)(H,53,56)(H,58,59)(H,60,61). The van der Waals surface area contributed by atoms with Crippen molar-refractivity contribution in [2.75, 3.05) is 36.1 Å². The quantitative estimate of drug-likeness (QED) is 0.0466. The molecule has 6 rings (SSSR count). The first-order valence-corrected chi connectivity index (χ1v) is 20.7. The van der Waals surface area contributed by atoms with Gasteiger partial charge < -0.3 is 36.0 Å². The number of likely N-dealkylation sites (N-methyl/N-ethyl adjacent to an activating group) is 1. The Kier molecular flexibility index (Phi) is 14.9. The number of carbonyl (C=O) groups is 5. The lowest BCUT2D eigenvalue weighted by atomic mass is 10.0. The number of hydrogen-bond acceptors (Lipinski definition) is 6. The summed E-state index contributed by atoms with van der Waals surface area (Å²) in [5.41, 5.74) is 5.87. The van der Waals surface area contributed by atoms with E-state index < -0.39 is 11.9 Å². The second-order valence-corrected chi connectivity index (χ2v) is 15.3. The number of anilines is 3. The van der Waals surface area contributed by atoms with Crippen LogP contribution in [0.1, 0.15) is 91.2 Å². The van der Waals surface area contributed by atoms with Crippen LogP contribution in [0.2, 0.25) is 0 Å². The maximum atomic E-state index is 13.9. The molecular weight excluding hydrogens is 785 g/mol. The molecule has 0 atom stereocenters. The van der Waals surface area contributed by atoms with Crippen LogP contribution in [0.5, 0.6) is 0 Å². The fourth-order valence-electron chi connectivity index (χ4n) is 7.49. The molecule has 0 bridgehead atoms. The van der Waals surface area contributed by atoms with Gasteiger partial charge in [-0.3, -0.25) is 14.5 Å². The molecule has 0 saturated carbocycles. The van der Waals surface area contributed by atoms with Crippen molar-refractivity contribution in [2.24, 2.45) is 0 Å². The van der Waals surface area contributed by atoms with E-state index in [4.69, 9.17) is 5.11 Å². The van der Waals surface area contributed by atoms with Gasteiger partial charge in [0.25, 0.3) is 11.8 Å². The zero-order chi connectivity index (χ0) is 44.2. The lowest BCUT2D eigenvalue weighted by Gasteiger charge is -2.32. The molecule has 0 spiro atoms. The number of carbonyl (C=O) groups excluding carboxylic acids is 3. The molecule has 0 aliphatic rings. The number of para-hydroxylation sites is 1. The summed E-state index contributed by atoms with van der Waals surface area (Å²) in [7, 11) is 1.69. The normalized spacial score (nSPS) is 11.1. The summed E-state index contributed by atoms with van der Waals surface area (Å²) >= 11 is 0. The maximum absolute atomic E-state index is 13.9. The van der Waals surface area contributed by atoms with Gasteiger partial charge in [0, 0.05) is 60.6 Å². The monoisotopic (exact) mass is 836 g/mol. The lowest BCUT2D eigenvalue weighted by molar-refractivity contribution is 0.0686. The minimum Gasteiger partial charge on any atom is -0.478 e. The average Bonchev–Trinajstić information content (AvgIpc) is 3.64. The second kappa shape index (κ2) is 20.8. The van der Waals surface area contributed by atoms with Gasteiger partial charge in [-0.2, -0.15) is 0 Å². The van der Waals surface area contributed by atoms with Crippen molar-refractivity contribution in [3.8, 4) is 0 Å². The zero-order valence-corrected chi connectivity index (χ0v) is 35.1. The smallest absolute Gasteiger partial charge is 0.335 e. The Morgan fingerprint density at radius 2 is 1.26 bits per heavy atom. The predicted molar refractivity (Wildman–Crippen MR) is 242 cm³/mol. The summed E-state index contributed by atoms with van der Waals surface area (Å²) in [5, 5.41) is 27.8. The molecule has 5 aromatic carbocycles. The van der Waals surface area contributed by atoms with E-state index in [1.54, 1.807) is 42.3 Å². The highest BCUT2D eigenvalue weighted by molar-refractivity contribution is 6.19. The molecule has 0 aliphatic carbocycles. The summed E-state index contributed by atoms with van der Waals surface area (Å²) in [6.45, 7) is 5.74. The summed E-state index contributed by atoms with van der Waals surface area (Å²) in [4.78, 5) is 70.4. The number of amides is 4. The Labute approximate surface area is 360 Å². The minimum absolute atomic E-state index is 0.0844. The number of rotatable bonds is 19. The van der Waals surface area contributed by atoms with Gasteiger partial charge in [0.05, 0.1) is 16.7 Å². The Morgan fingerprint density at radius 1 is 0.613 bits per heavy atom. The third-order valence-electron chi connectivity index (χ3n) is 11.0. The predicted octanol–water partition coefficient (Wildman–Crippen LogP) is 9.40. The first kappa shape index (κ1) is 44.3. The molecule has 1 heterocycles. The number of H-pyrrole nitrogens is 1. The van der Waals surface area contributed by atoms with E-state index in [2.05, 4.69) is 39.7 Å². The van der Waals surface area contributed by atoms with Crippen LogP contribution in [0, 0.1) is 0 Å². The second-order valence-electron chi connectivity index (χ2n) is 15.3. The number of carboxylic acids is 2. The highest BCUT2D eigenvalue weighted by Crippen LogP contribution is 2.28. The van der Waals surface area contributed by atoms with E-state index in [1.165, 1.54) is 12.1 Å². The van der Waals surface area contributed by atoms with Crippen LogP contribution < -0.4 is 16.0 Å². The molecule has 13 heteroatoms.